The van der Waals surface area contributed by atoms with Crippen molar-refractivity contribution in [2.75, 3.05) is 13.1 Å². The second kappa shape index (κ2) is 6.31. The van der Waals surface area contributed by atoms with Crippen molar-refractivity contribution >= 4 is 11.7 Å². The molecule has 0 saturated carbocycles. The predicted octanol–water partition coefficient (Wildman–Crippen LogP) is 1.21. The van der Waals surface area contributed by atoms with Crippen molar-refractivity contribution in [1.82, 2.24) is 0 Å². The molecule has 0 bridgehead atoms. The number of non-ortho nitro benzene ring substituents is 1. The highest BCUT2D eigenvalue weighted by molar-refractivity contribution is 5.93. The Morgan fingerprint density at radius 3 is 2.59 bits per heavy atom. The van der Waals surface area contributed by atoms with E-state index in [9.17, 15) is 20.0 Å². The molecule has 2 rings (SSSR count). The highest BCUT2D eigenvalue weighted by Gasteiger charge is 2.36. The molecule has 1 aliphatic heterocycles. The highest BCUT2D eigenvalue weighted by Crippen LogP contribution is 2.31. The van der Waals surface area contributed by atoms with Crippen LogP contribution in [-0.4, -0.2) is 34.7 Å². The summed E-state index contributed by atoms with van der Waals surface area (Å²) < 4.78 is 5.56. The number of hydrogen-bond donors (Lipinski definition) is 2. The zero-order valence-corrected chi connectivity index (χ0v) is 12.7. The first-order valence-corrected chi connectivity index (χ1v) is 7.33. The number of aromatic hydroxyl groups is 1. The summed E-state index contributed by atoms with van der Waals surface area (Å²) in [6, 6.07) is 3.36. The average molecular weight is 309 g/mol. The summed E-state index contributed by atoms with van der Waals surface area (Å²) in [6.45, 7) is 5.75. The van der Waals surface area contributed by atoms with Crippen LogP contribution in [0.2, 0.25) is 0 Å². The van der Waals surface area contributed by atoms with E-state index < -0.39 is 22.2 Å². The van der Waals surface area contributed by atoms with Gasteiger partial charge in [0.1, 0.15) is 16.9 Å². The van der Waals surface area contributed by atoms with Crippen LogP contribution in [0.25, 0.3) is 0 Å². The largest absolute Gasteiger partial charge is 0.507 e. The SMILES string of the molecule is CC(C)(OC(=O)c1ccc([N+](=O)[O-])cc1O)C1CC[NH2+]CC1. The third kappa shape index (κ3) is 3.54. The molecule has 7 heteroatoms. The molecule has 0 spiro atoms. The fourth-order valence-corrected chi connectivity index (χ4v) is 2.81. The van der Waals surface area contributed by atoms with Gasteiger partial charge in [-0.1, -0.05) is 0 Å². The molecule has 0 atom stereocenters. The lowest BCUT2D eigenvalue weighted by atomic mass is 9.83. The van der Waals surface area contributed by atoms with Crippen LogP contribution in [0.1, 0.15) is 37.0 Å². The smallest absolute Gasteiger partial charge is 0.342 e. The minimum Gasteiger partial charge on any atom is -0.507 e. The Labute approximate surface area is 128 Å². The van der Waals surface area contributed by atoms with Gasteiger partial charge in [-0.05, 0) is 19.9 Å². The average Bonchev–Trinajstić information content (AvgIpc) is 2.47. The van der Waals surface area contributed by atoms with Crippen molar-refractivity contribution in [2.45, 2.75) is 32.3 Å². The molecule has 120 valence electrons. The summed E-state index contributed by atoms with van der Waals surface area (Å²) in [5.74, 6) is -0.833. The van der Waals surface area contributed by atoms with Crippen LogP contribution in [0.4, 0.5) is 5.69 Å². The zero-order chi connectivity index (χ0) is 16.3. The number of hydrogen-bond acceptors (Lipinski definition) is 5. The maximum Gasteiger partial charge on any atom is 0.342 e. The first kappa shape index (κ1) is 16.2. The molecule has 1 fully saturated rings. The Bertz CT molecular complexity index is 579. The van der Waals surface area contributed by atoms with E-state index in [1.807, 2.05) is 13.8 Å². The van der Waals surface area contributed by atoms with Gasteiger partial charge in [0.15, 0.2) is 0 Å². The molecule has 0 aromatic heterocycles. The highest BCUT2D eigenvalue weighted by atomic mass is 16.6. The number of phenols is 1. The van der Waals surface area contributed by atoms with E-state index in [1.54, 1.807) is 0 Å². The number of benzene rings is 1. The van der Waals surface area contributed by atoms with Gasteiger partial charge < -0.3 is 15.2 Å². The first-order chi connectivity index (χ1) is 10.3. The van der Waals surface area contributed by atoms with Crippen molar-refractivity contribution in [1.29, 1.82) is 0 Å². The summed E-state index contributed by atoms with van der Waals surface area (Å²) in [5.41, 5.74) is -0.961. The summed E-state index contributed by atoms with van der Waals surface area (Å²) in [7, 11) is 0. The van der Waals surface area contributed by atoms with E-state index in [0.29, 0.717) is 0 Å². The molecule has 1 aromatic rings. The van der Waals surface area contributed by atoms with Crippen molar-refractivity contribution in [3.05, 3.63) is 33.9 Å². The number of nitro benzene ring substituents is 1. The number of esters is 1. The van der Waals surface area contributed by atoms with Gasteiger partial charge in [-0.2, -0.15) is 0 Å². The fraction of sp³-hybridized carbons (Fsp3) is 0.533. The topological polar surface area (TPSA) is 106 Å². The van der Waals surface area contributed by atoms with Gasteiger partial charge in [0.2, 0.25) is 0 Å². The number of nitrogens with two attached hydrogens (primary N) is 1. The predicted molar refractivity (Wildman–Crippen MR) is 78.6 cm³/mol. The Kier molecular flexibility index (Phi) is 4.65. The second-order valence-electron chi connectivity index (χ2n) is 6.09. The van der Waals surface area contributed by atoms with E-state index in [2.05, 4.69) is 5.32 Å². The van der Waals surface area contributed by atoms with E-state index in [0.717, 1.165) is 32.0 Å². The van der Waals surface area contributed by atoms with Crippen LogP contribution in [-0.2, 0) is 4.74 Å². The third-order valence-corrected chi connectivity index (χ3v) is 4.19. The summed E-state index contributed by atoms with van der Waals surface area (Å²) in [4.78, 5) is 22.3. The van der Waals surface area contributed by atoms with Crippen LogP contribution in [0.15, 0.2) is 18.2 Å². The van der Waals surface area contributed by atoms with Crippen LogP contribution in [0, 0.1) is 16.0 Å². The van der Waals surface area contributed by atoms with Gasteiger partial charge in [0.25, 0.3) is 5.69 Å². The van der Waals surface area contributed by atoms with Gasteiger partial charge in [-0.15, -0.1) is 0 Å². The molecule has 3 N–H and O–H groups in total. The summed E-state index contributed by atoms with van der Waals surface area (Å²) >= 11 is 0. The van der Waals surface area contributed by atoms with Crippen molar-refractivity contribution in [3.8, 4) is 5.75 Å². The Hall–Kier alpha value is -2.15. The standard InChI is InChI=1S/C15H20N2O5/c1-15(2,10-5-7-16-8-6-10)22-14(19)12-4-3-11(17(20)21)9-13(12)18/h3-4,9-10,16,18H,5-8H2,1-2H3/p+1. The number of nitro groups is 1. The van der Waals surface area contributed by atoms with Crippen LogP contribution in [0.5, 0.6) is 5.75 Å². The van der Waals surface area contributed by atoms with Crippen molar-refractivity contribution in [3.63, 3.8) is 0 Å². The van der Waals surface area contributed by atoms with Gasteiger partial charge >= 0.3 is 5.97 Å². The van der Waals surface area contributed by atoms with E-state index in [-0.39, 0.29) is 17.2 Å². The number of ether oxygens (including phenoxy) is 1. The molecule has 1 heterocycles. The molecule has 0 radical (unpaired) electrons. The Morgan fingerprint density at radius 1 is 1.41 bits per heavy atom. The lowest BCUT2D eigenvalue weighted by molar-refractivity contribution is -0.665. The van der Waals surface area contributed by atoms with Crippen LogP contribution in [0.3, 0.4) is 0 Å². The molecule has 1 saturated heterocycles. The molecule has 1 aliphatic rings. The molecule has 0 aliphatic carbocycles. The summed E-state index contributed by atoms with van der Waals surface area (Å²) in [5, 5.41) is 22.7. The Balaban J connectivity index is 2.12. The maximum absolute atomic E-state index is 12.2. The number of quaternary nitrogens is 1. The van der Waals surface area contributed by atoms with E-state index in [4.69, 9.17) is 4.74 Å². The second-order valence-corrected chi connectivity index (χ2v) is 6.09. The minimum absolute atomic E-state index is 0.0546. The van der Waals surface area contributed by atoms with Crippen molar-refractivity contribution < 1.29 is 24.9 Å². The zero-order valence-electron chi connectivity index (χ0n) is 12.7. The number of piperidine rings is 1. The molecular formula is C15H21N2O5+. The van der Waals surface area contributed by atoms with E-state index >= 15 is 0 Å². The van der Waals surface area contributed by atoms with E-state index in [1.165, 1.54) is 12.1 Å². The Morgan fingerprint density at radius 2 is 2.05 bits per heavy atom. The van der Waals surface area contributed by atoms with Gasteiger partial charge in [-0.25, -0.2) is 4.79 Å². The lowest BCUT2D eigenvalue weighted by Crippen LogP contribution is -2.86. The molecule has 22 heavy (non-hydrogen) atoms. The number of carbonyl (C=O) groups is 1. The lowest BCUT2D eigenvalue weighted by Gasteiger charge is -2.35. The molecular weight excluding hydrogens is 288 g/mol. The molecule has 1 aromatic carbocycles. The number of rotatable bonds is 4. The number of nitrogens with zero attached hydrogens (tertiary/aromatic N) is 1. The fourth-order valence-electron chi connectivity index (χ4n) is 2.81. The molecule has 7 nitrogen and oxygen atoms in total. The third-order valence-electron chi connectivity index (χ3n) is 4.19. The van der Waals surface area contributed by atoms with Gasteiger partial charge in [-0.3, -0.25) is 10.1 Å². The van der Waals surface area contributed by atoms with Crippen LogP contribution >= 0.6 is 0 Å². The molecule has 0 amide bonds. The minimum atomic E-state index is -0.660. The quantitative estimate of drug-likeness (QED) is 0.494. The number of carbonyl (C=O) groups excluding carboxylic acids is 1. The van der Waals surface area contributed by atoms with Crippen molar-refractivity contribution in [2.24, 2.45) is 5.92 Å². The number of phenolic OH excluding ortho intramolecular Hbond substituents is 1. The maximum atomic E-state index is 12.2. The van der Waals surface area contributed by atoms with Gasteiger partial charge in [0.05, 0.1) is 24.1 Å². The monoisotopic (exact) mass is 309 g/mol. The van der Waals surface area contributed by atoms with Gasteiger partial charge in [0, 0.05) is 24.8 Å². The first-order valence-electron chi connectivity index (χ1n) is 7.33. The molecule has 0 unspecified atom stereocenters. The summed E-state index contributed by atoms with van der Waals surface area (Å²) in [6.07, 6.45) is 1.93. The normalized spacial score (nSPS) is 16.3. The van der Waals surface area contributed by atoms with Crippen LogP contribution < -0.4 is 5.32 Å².